The Balaban J connectivity index is 1.63. The molecule has 21 heavy (non-hydrogen) atoms. The number of carbonyl (C=O) groups is 1. The number of rotatable bonds is 0. The molecular weight excluding hydrogens is 256 g/mol. The first-order chi connectivity index (χ1) is 10.1. The molecule has 0 radical (unpaired) electrons. The predicted octanol–water partition coefficient (Wildman–Crippen LogP) is 4.38. The van der Waals surface area contributed by atoms with Crippen LogP contribution in [0.1, 0.15) is 58.3 Å². The lowest BCUT2D eigenvalue weighted by atomic mass is 9.51. The van der Waals surface area contributed by atoms with Crippen molar-refractivity contribution in [2.45, 2.75) is 58.3 Å². The molecule has 0 aromatic carbocycles. The number of fused-ring (bicyclic) bond motifs is 5. The lowest BCUT2D eigenvalue weighted by Crippen LogP contribution is -2.46. The van der Waals surface area contributed by atoms with Crippen LogP contribution in [-0.2, 0) is 4.79 Å². The Morgan fingerprint density at radius 2 is 2.00 bits per heavy atom. The van der Waals surface area contributed by atoms with Gasteiger partial charge >= 0.3 is 0 Å². The highest BCUT2D eigenvalue weighted by molar-refractivity contribution is 5.91. The summed E-state index contributed by atoms with van der Waals surface area (Å²) in [7, 11) is 0. The first-order valence-corrected chi connectivity index (χ1v) is 8.83. The molecule has 3 saturated carbocycles. The molecule has 4 aliphatic carbocycles. The van der Waals surface area contributed by atoms with E-state index in [1.165, 1.54) is 44.1 Å². The fourth-order valence-electron chi connectivity index (χ4n) is 6.45. The van der Waals surface area contributed by atoms with E-state index in [1.807, 2.05) is 6.08 Å². The van der Waals surface area contributed by atoms with Crippen LogP contribution in [0.4, 0.5) is 0 Å². The van der Waals surface area contributed by atoms with E-state index >= 15 is 0 Å². The molecule has 0 spiro atoms. The molecule has 0 heterocycles. The number of carbonyl (C=O) groups excluding carboxylic acids is 1. The van der Waals surface area contributed by atoms with Gasteiger partial charge in [-0.15, -0.1) is 12.3 Å². The molecule has 4 aliphatic rings. The lowest BCUT2D eigenvalue weighted by Gasteiger charge is -2.53. The van der Waals surface area contributed by atoms with Gasteiger partial charge in [-0.2, -0.15) is 0 Å². The van der Waals surface area contributed by atoms with Crippen molar-refractivity contribution in [1.29, 1.82) is 0 Å². The summed E-state index contributed by atoms with van der Waals surface area (Å²) in [6.45, 7) is 2.47. The van der Waals surface area contributed by atoms with E-state index in [9.17, 15) is 4.79 Å². The SMILES string of the molecule is C#CC1CCC2C3CCC4=CC(=O)CCC4C3CCC12C. The van der Waals surface area contributed by atoms with Crippen molar-refractivity contribution in [3.05, 3.63) is 11.6 Å². The Labute approximate surface area is 128 Å². The summed E-state index contributed by atoms with van der Waals surface area (Å²) in [5.41, 5.74) is 1.89. The molecule has 112 valence electrons. The maximum atomic E-state index is 11.7. The van der Waals surface area contributed by atoms with Crippen LogP contribution in [0.25, 0.3) is 0 Å². The summed E-state index contributed by atoms with van der Waals surface area (Å²) in [4.78, 5) is 11.7. The van der Waals surface area contributed by atoms with Gasteiger partial charge in [0.25, 0.3) is 0 Å². The van der Waals surface area contributed by atoms with Crippen LogP contribution in [0, 0.1) is 47.3 Å². The third kappa shape index (κ3) is 1.88. The van der Waals surface area contributed by atoms with Gasteiger partial charge in [-0.05, 0) is 80.1 Å². The molecule has 0 amide bonds. The zero-order valence-electron chi connectivity index (χ0n) is 13.1. The molecule has 1 heteroatoms. The van der Waals surface area contributed by atoms with Gasteiger partial charge in [-0.25, -0.2) is 0 Å². The van der Waals surface area contributed by atoms with Crippen molar-refractivity contribution in [2.75, 3.05) is 0 Å². The predicted molar refractivity (Wildman–Crippen MR) is 84.4 cm³/mol. The molecule has 0 aromatic rings. The Kier molecular flexibility index (Phi) is 3.07. The van der Waals surface area contributed by atoms with Crippen molar-refractivity contribution >= 4 is 5.78 Å². The molecule has 6 atom stereocenters. The van der Waals surface area contributed by atoms with Gasteiger partial charge < -0.3 is 0 Å². The van der Waals surface area contributed by atoms with Gasteiger partial charge in [0, 0.05) is 12.3 Å². The lowest BCUT2D eigenvalue weighted by molar-refractivity contribution is -0.116. The highest BCUT2D eigenvalue weighted by atomic mass is 16.1. The molecule has 0 saturated heterocycles. The first-order valence-electron chi connectivity index (χ1n) is 8.83. The van der Waals surface area contributed by atoms with Gasteiger partial charge in [0.1, 0.15) is 0 Å². The maximum Gasteiger partial charge on any atom is 0.155 e. The normalized spacial score (nSPS) is 48.7. The Morgan fingerprint density at radius 3 is 2.81 bits per heavy atom. The van der Waals surface area contributed by atoms with Crippen LogP contribution < -0.4 is 0 Å². The van der Waals surface area contributed by atoms with E-state index in [4.69, 9.17) is 6.42 Å². The van der Waals surface area contributed by atoms with E-state index in [0.717, 1.165) is 36.5 Å². The number of hydrogen-bond acceptors (Lipinski definition) is 1. The second kappa shape index (κ2) is 4.73. The van der Waals surface area contributed by atoms with Crippen molar-refractivity contribution in [1.82, 2.24) is 0 Å². The summed E-state index contributed by atoms with van der Waals surface area (Å²) in [5.74, 6) is 7.26. The molecular formula is C20H26O. The largest absolute Gasteiger partial charge is 0.295 e. The summed E-state index contributed by atoms with van der Waals surface area (Å²) in [6.07, 6.45) is 17.4. The van der Waals surface area contributed by atoms with Gasteiger partial charge in [-0.3, -0.25) is 4.79 Å². The Morgan fingerprint density at radius 1 is 1.14 bits per heavy atom. The molecule has 6 unspecified atom stereocenters. The maximum absolute atomic E-state index is 11.7. The standard InChI is InChI=1S/C20H26O/c1-3-14-5-9-19-18-7-4-13-12-15(21)6-8-16(13)17(18)10-11-20(14,19)2/h1,12,14,16-19H,4-11H2,2H3. The third-order valence-corrected chi connectivity index (χ3v) is 7.50. The fraction of sp³-hybridized carbons (Fsp3) is 0.750. The monoisotopic (exact) mass is 282 g/mol. The van der Waals surface area contributed by atoms with Crippen LogP contribution >= 0.6 is 0 Å². The summed E-state index contributed by atoms with van der Waals surface area (Å²) < 4.78 is 0. The summed E-state index contributed by atoms with van der Waals surface area (Å²) in [6, 6.07) is 0. The average molecular weight is 282 g/mol. The highest BCUT2D eigenvalue weighted by Gasteiger charge is 2.55. The third-order valence-electron chi connectivity index (χ3n) is 7.50. The molecule has 3 fully saturated rings. The minimum atomic E-state index is 0.369. The topological polar surface area (TPSA) is 17.1 Å². The highest BCUT2D eigenvalue weighted by Crippen LogP contribution is 2.63. The molecule has 0 aromatic heterocycles. The number of ketones is 1. The van der Waals surface area contributed by atoms with E-state index in [-0.39, 0.29) is 0 Å². The summed E-state index contributed by atoms with van der Waals surface area (Å²) in [5, 5.41) is 0. The second-order valence-electron chi connectivity index (χ2n) is 8.14. The van der Waals surface area contributed by atoms with Crippen LogP contribution in [-0.4, -0.2) is 5.78 Å². The molecule has 4 rings (SSSR count). The van der Waals surface area contributed by atoms with Crippen molar-refractivity contribution in [3.8, 4) is 12.3 Å². The summed E-state index contributed by atoms with van der Waals surface area (Å²) >= 11 is 0. The van der Waals surface area contributed by atoms with Gasteiger partial charge in [0.05, 0.1) is 0 Å². The van der Waals surface area contributed by atoms with Crippen molar-refractivity contribution < 1.29 is 4.79 Å². The number of terminal acetylenes is 1. The second-order valence-corrected chi connectivity index (χ2v) is 8.14. The van der Waals surface area contributed by atoms with E-state index in [1.54, 1.807) is 0 Å². The molecule has 0 bridgehead atoms. The molecule has 1 nitrogen and oxygen atoms in total. The van der Waals surface area contributed by atoms with Gasteiger partial charge in [0.2, 0.25) is 0 Å². The number of allylic oxidation sites excluding steroid dienone is 1. The van der Waals surface area contributed by atoms with Crippen LogP contribution in [0.5, 0.6) is 0 Å². The Bertz CT molecular complexity index is 537. The zero-order chi connectivity index (χ0) is 14.6. The Hall–Kier alpha value is -1.03. The van der Waals surface area contributed by atoms with Crippen molar-refractivity contribution in [2.24, 2.45) is 35.0 Å². The minimum absolute atomic E-state index is 0.369. The molecule has 0 aliphatic heterocycles. The van der Waals surface area contributed by atoms with Crippen LogP contribution in [0.3, 0.4) is 0 Å². The smallest absolute Gasteiger partial charge is 0.155 e. The van der Waals surface area contributed by atoms with Crippen LogP contribution in [0.2, 0.25) is 0 Å². The zero-order valence-corrected chi connectivity index (χ0v) is 13.1. The van der Waals surface area contributed by atoms with Crippen molar-refractivity contribution in [3.63, 3.8) is 0 Å². The first kappa shape index (κ1) is 13.6. The number of hydrogen-bond donors (Lipinski definition) is 0. The minimum Gasteiger partial charge on any atom is -0.295 e. The van der Waals surface area contributed by atoms with Gasteiger partial charge in [0.15, 0.2) is 5.78 Å². The quantitative estimate of drug-likeness (QED) is 0.603. The fourth-order valence-corrected chi connectivity index (χ4v) is 6.45. The van der Waals surface area contributed by atoms with Crippen LogP contribution in [0.15, 0.2) is 11.6 Å². The van der Waals surface area contributed by atoms with E-state index in [0.29, 0.717) is 17.1 Å². The van der Waals surface area contributed by atoms with Gasteiger partial charge in [-0.1, -0.05) is 12.5 Å². The van der Waals surface area contributed by atoms with E-state index in [2.05, 4.69) is 12.8 Å². The molecule has 0 N–H and O–H groups in total. The van der Waals surface area contributed by atoms with E-state index < -0.39 is 0 Å². The average Bonchev–Trinajstić information content (AvgIpc) is 2.83.